The van der Waals surface area contributed by atoms with Crippen molar-refractivity contribution in [1.82, 2.24) is 4.90 Å². The van der Waals surface area contributed by atoms with Crippen LogP contribution < -0.4 is 0 Å². The number of benzene rings is 1. The molecule has 2 heterocycles. The summed E-state index contributed by atoms with van der Waals surface area (Å²) in [4.78, 5) is 13.8. The van der Waals surface area contributed by atoms with Gasteiger partial charge in [0, 0.05) is 5.56 Å². The van der Waals surface area contributed by atoms with Crippen LogP contribution in [-0.4, -0.2) is 34.6 Å². The average Bonchev–Trinajstić information content (AvgIpc) is 2.71. The maximum Gasteiger partial charge on any atom is 0.254 e. The van der Waals surface area contributed by atoms with Gasteiger partial charge in [0.05, 0.1) is 31.9 Å². The van der Waals surface area contributed by atoms with Crippen molar-refractivity contribution in [3.05, 3.63) is 34.9 Å². The molecule has 4 heteroatoms. The monoisotopic (exact) mass is 233 g/mol. The van der Waals surface area contributed by atoms with Crippen LogP contribution in [-0.2, 0) is 18.0 Å². The van der Waals surface area contributed by atoms with Crippen LogP contribution in [0.2, 0.25) is 0 Å². The number of hydrogen-bond donors (Lipinski definition) is 1. The maximum absolute atomic E-state index is 12.1. The molecule has 4 nitrogen and oxygen atoms in total. The third kappa shape index (κ3) is 1.83. The smallest absolute Gasteiger partial charge is 0.254 e. The standard InChI is InChI=1S/C13H15NO3/c1-13(16)7-14(8-13)12(15)9-2-3-10-5-17-6-11(10)4-9/h2-4,16H,5-8H2,1H3. The van der Waals surface area contributed by atoms with Gasteiger partial charge in [-0.05, 0) is 30.2 Å². The average molecular weight is 233 g/mol. The molecule has 0 aromatic heterocycles. The lowest BCUT2D eigenvalue weighted by molar-refractivity contribution is -0.0668. The largest absolute Gasteiger partial charge is 0.386 e. The molecule has 0 unspecified atom stereocenters. The highest BCUT2D eigenvalue weighted by molar-refractivity contribution is 5.95. The summed E-state index contributed by atoms with van der Waals surface area (Å²) in [5.41, 5.74) is 2.24. The molecule has 0 atom stereocenters. The van der Waals surface area contributed by atoms with Crippen molar-refractivity contribution in [3.63, 3.8) is 0 Å². The number of nitrogens with zero attached hydrogens (tertiary/aromatic N) is 1. The third-order valence-corrected chi connectivity index (χ3v) is 3.32. The molecular weight excluding hydrogens is 218 g/mol. The van der Waals surface area contributed by atoms with Crippen LogP contribution in [0.15, 0.2) is 18.2 Å². The van der Waals surface area contributed by atoms with Gasteiger partial charge in [-0.25, -0.2) is 0 Å². The molecule has 1 N–H and O–H groups in total. The molecule has 1 fully saturated rings. The van der Waals surface area contributed by atoms with E-state index in [1.807, 2.05) is 18.2 Å². The number of fused-ring (bicyclic) bond motifs is 1. The van der Waals surface area contributed by atoms with E-state index in [0.717, 1.165) is 11.1 Å². The number of carbonyl (C=O) groups is 1. The summed E-state index contributed by atoms with van der Waals surface area (Å²) in [6.07, 6.45) is 0. The van der Waals surface area contributed by atoms with Gasteiger partial charge in [-0.1, -0.05) is 6.07 Å². The Bertz CT molecular complexity index is 474. The number of carbonyl (C=O) groups excluding carboxylic acids is 1. The highest BCUT2D eigenvalue weighted by Gasteiger charge is 2.39. The summed E-state index contributed by atoms with van der Waals surface area (Å²) in [5, 5.41) is 9.62. The van der Waals surface area contributed by atoms with E-state index in [2.05, 4.69) is 0 Å². The van der Waals surface area contributed by atoms with Crippen LogP contribution in [0.5, 0.6) is 0 Å². The minimum absolute atomic E-state index is 0.00812. The van der Waals surface area contributed by atoms with E-state index in [1.165, 1.54) is 0 Å². The molecule has 2 aliphatic rings. The number of rotatable bonds is 1. The highest BCUT2D eigenvalue weighted by atomic mass is 16.5. The number of ether oxygens (including phenoxy) is 1. The lowest BCUT2D eigenvalue weighted by Crippen LogP contribution is -2.61. The Morgan fingerprint density at radius 3 is 2.76 bits per heavy atom. The van der Waals surface area contributed by atoms with E-state index in [4.69, 9.17) is 4.74 Å². The van der Waals surface area contributed by atoms with E-state index in [1.54, 1.807) is 11.8 Å². The van der Waals surface area contributed by atoms with Crippen LogP contribution in [0.25, 0.3) is 0 Å². The molecule has 0 bridgehead atoms. The van der Waals surface area contributed by atoms with Crippen LogP contribution in [0.1, 0.15) is 28.4 Å². The molecule has 0 spiro atoms. The van der Waals surface area contributed by atoms with Gasteiger partial charge in [0.1, 0.15) is 0 Å². The van der Waals surface area contributed by atoms with Crippen molar-refractivity contribution in [1.29, 1.82) is 0 Å². The van der Waals surface area contributed by atoms with Crippen LogP contribution in [0, 0.1) is 0 Å². The molecule has 17 heavy (non-hydrogen) atoms. The predicted molar refractivity (Wildman–Crippen MR) is 61.5 cm³/mol. The normalized spacial score (nSPS) is 20.9. The Hall–Kier alpha value is -1.39. The first kappa shape index (κ1) is 10.7. The number of aliphatic hydroxyl groups is 1. The summed E-state index contributed by atoms with van der Waals surface area (Å²) in [5.74, 6) is -0.00812. The molecule has 1 aromatic rings. The Morgan fingerprint density at radius 2 is 2.06 bits per heavy atom. The number of β-amino-alcohol motifs (C(OH)–C–C–N with tert-alkyl or cyclic N) is 1. The first-order valence-corrected chi connectivity index (χ1v) is 5.76. The fraction of sp³-hybridized carbons (Fsp3) is 0.462. The molecule has 0 radical (unpaired) electrons. The van der Waals surface area contributed by atoms with Crippen molar-refractivity contribution in [2.24, 2.45) is 0 Å². The Morgan fingerprint density at radius 1 is 1.35 bits per heavy atom. The second-order valence-corrected chi connectivity index (χ2v) is 5.13. The molecule has 1 aromatic carbocycles. The molecule has 0 saturated carbocycles. The SMILES string of the molecule is CC1(O)CN(C(=O)c2ccc3c(c2)COC3)C1. The summed E-state index contributed by atoms with van der Waals surface area (Å²) < 4.78 is 5.32. The van der Waals surface area contributed by atoms with E-state index >= 15 is 0 Å². The maximum atomic E-state index is 12.1. The van der Waals surface area contributed by atoms with Crippen molar-refractivity contribution in [3.8, 4) is 0 Å². The summed E-state index contributed by atoms with van der Waals surface area (Å²) in [7, 11) is 0. The van der Waals surface area contributed by atoms with Crippen molar-refractivity contribution >= 4 is 5.91 Å². The second kappa shape index (κ2) is 3.55. The zero-order chi connectivity index (χ0) is 12.0. The molecule has 0 aliphatic carbocycles. The zero-order valence-electron chi connectivity index (χ0n) is 9.77. The summed E-state index contributed by atoms with van der Waals surface area (Å²) in [6, 6.07) is 5.69. The number of likely N-dealkylation sites (tertiary alicyclic amines) is 1. The Kier molecular flexibility index (Phi) is 2.24. The quantitative estimate of drug-likeness (QED) is 0.784. The Labute approximate surface area is 99.8 Å². The first-order chi connectivity index (χ1) is 8.05. The molecule has 90 valence electrons. The van der Waals surface area contributed by atoms with Crippen molar-refractivity contribution < 1.29 is 14.6 Å². The lowest BCUT2D eigenvalue weighted by atomic mass is 9.95. The molecule has 2 aliphatic heterocycles. The van der Waals surface area contributed by atoms with E-state index in [9.17, 15) is 9.90 Å². The predicted octanol–water partition coefficient (Wildman–Crippen LogP) is 0.924. The minimum Gasteiger partial charge on any atom is -0.386 e. The van der Waals surface area contributed by atoms with Gasteiger partial charge in [-0.3, -0.25) is 4.79 Å². The van der Waals surface area contributed by atoms with E-state index in [-0.39, 0.29) is 5.91 Å². The van der Waals surface area contributed by atoms with Crippen LogP contribution >= 0.6 is 0 Å². The number of hydrogen-bond acceptors (Lipinski definition) is 3. The first-order valence-electron chi connectivity index (χ1n) is 5.76. The minimum atomic E-state index is -0.713. The fourth-order valence-electron chi connectivity index (χ4n) is 2.41. The van der Waals surface area contributed by atoms with E-state index in [0.29, 0.717) is 31.9 Å². The highest BCUT2D eigenvalue weighted by Crippen LogP contribution is 2.25. The van der Waals surface area contributed by atoms with Gasteiger partial charge in [0.25, 0.3) is 5.91 Å². The molecule has 3 rings (SSSR count). The van der Waals surface area contributed by atoms with Crippen molar-refractivity contribution in [2.75, 3.05) is 13.1 Å². The van der Waals surface area contributed by atoms with Gasteiger partial charge in [0.2, 0.25) is 0 Å². The molecular formula is C13H15NO3. The van der Waals surface area contributed by atoms with Gasteiger partial charge in [-0.15, -0.1) is 0 Å². The lowest BCUT2D eigenvalue weighted by Gasteiger charge is -2.44. The van der Waals surface area contributed by atoms with Crippen LogP contribution in [0.4, 0.5) is 0 Å². The van der Waals surface area contributed by atoms with Gasteiger partial charge < -0.3 is 14.7 Å². The molecule has 1 saturated heterocycles. The van der Waals surface area contributed by atoms with Crippen LogP contribution in [0.3, 0.4) is 0 Å². The van der Waals surface area contributed by atoms with Gasteiger partial charge in [-0.2, -0.15) is 0 Å². The van der Waals surface area contributed by atoms with Crippen molar-refractivity contribution in [2.45, 2.75) is 25.7 Å². The second-order valence-electron chi connectivity index (χ2n) is 5.13. The molecule has 1 amide bonds. The summed E-state index contributed by atoms with van der Waals surface area (Å²) in [6.45, 7) is 3.81. The Balaban J connectivity index is 1.79. The third-order valence-electron chi connectivity index (χ3n) is 3.32. The summed E-state index contributed by atoms with van der Waals surface area (Å²) >= 11 is 0. The van der Waals surface area contributed by atoms with E-state index < -0.39 is 5.60 Å². The van der Waals surface area contributed by atoms with Gasteiger partial charge >= 0.3 is 0 Å². The fourth-order valence-corrected chi connectivity index (χ4v) is 2.41. The number of amides is 1. The zero-order valence-corrected chi connectivity index (χ0v) is 9.77. The topological polar surface area (TPSA) is 49.8 Å². The van der Waals surface area contributed by atoms with Gasteiger partial charge in [0.15, 0.2) is 0 Å².